The lowest BCUT2D eigenvalue weighted by molar-refractivity contribution is -0.140. The number of esters is 1. The van der Waals surface area contributed by atoms with E-state index in [0.717, 1.165) is 12.0 Å². The summed E-state index contributed by atoms with van der Waals surface area (Å²) in [5.74, 6) is 0.100. The molecular weight excluding hydrogens is 346 g/mol. The number of methoxy groups -OCH3 is 2. The van der Waals surface area contributed by atoms with Crippen LogP contribution in [0, 0.1) is 0 Å². The van der Waals surface area contributed by atoms with Gasteiger partial charge in [-0.3, -0.25) is 4.79 Å². The first-order valence-electron chi connectivity index (χ1n) is 8.82. The largest absolute Gasteiger partial charge is 0.497 e. The molecule has 0 spiro atoms. The quantitative estimate of drug-likeness (QED) is 0.759. The first-order chi connectivity index (χ1) is 13.0. The summed E-state index contributed by atoms with van der Waals surface area (Å²) in [6, 6.07) is 12.9. The zero-order valence-electron chi connectivity index (χ0n) is 15.7. The number of carbonyl (C=O) groups is 2. The molecule has 0 unspecified atom stereocenters. The molecule has 2 aromatic carbocycles. The van der Waals surface area contributed by atoms with Crippen LogP contribution in [0.25, 0.3) is 0 Å². The van der Waals surface area contributed by atoms with Crippen LogP contribution in [0.4, 0.5) is 0 Å². The normalized spacial score (nSPS) is 14.1. The lowest BCUT2D eigenvalue weighted by atomic mass is 9.99. The van der Waals surface area contributed by atoms with Gasteiger partial charge in [-0.25, -0.2) is 4.79 Å². The first-order valence-corrected chi connectivity index (χ1v) is 8.82. The van der Waals surface area contributed by atoms with Gasteiger partial charge in [-0.05, 0) is 36.6 Å². The van der Waals surface area contributed by atoms with Gasteiger partial charge in [0.25, 0.3) is 5.91 Å². The Morgan fingerprint density at radius 3 is 2.48 bits per heavy atom. The molecule has 1 atom stereocenters. The van der Waals surface area contributed by atoms with Gasteiger partial charge in [-0.1, -0.05) is 24.3 Å². The number of benzene rings is 2. The van der Waals surface area contributed by atoms with E-state index in [1.54, 1.807) is 30.0 Å². The minimum absolute atomic E-state index is 0.203. The van der Waals surface area contributed by atoms with E-state index in [1.165, 1.54) is 19.8 Å². The number of hydrogen-bond donors (Lipinski definition) is 0. The predicted molar refractivity (Wildman–Crippen MR) is 100.0 cm³/mol. The molecule has 6 nitrogen and oxygen atoms in total. The van der Waals surface area contributed by atoms with Crippen LogP contribution in [0.1, 0.15) is 28.4 Å². The Kier molecular flexibility index (Phi) is 5.64. The Morgan fingerprint density at radius 2 is 1.78 bits per heavy atom. The van der Waals surface area contributed by atoms with Gasteiger partial charge in [0.05, 0.1) is 14.2 Å². The lowest BCUT2D eigenvalue weighted by Gasteiger charge is -2.30. The Labute approximate surface area is 158 Å². The molecule has 2 aromatic rings. The number of fused-ring (bicyclic) bond motifs is 1. The lowest BCUT2D eigenvalue weighted by Crippen LogP contribution is -2.42. The van der Waals surface area contributed by atoms with Crippen molar-refractivity contribution in [1.29, 1.82) is 0 Å². The maximum atomic E-state index is 12.7. The van der Waals surface area contributed by atoms with Gasteiger partial charge >= 0.3 is 5.97 Å². The molecule has 0 bridgehead atoms. The second-order valence-corrected chi connectivity index (χ2v) is 6.39. The van der Waals surface area contributed by atoms with Crippen molar-refractivity contribution in [2.45, 2.75) is 26.0 Å². The molecule has 27 heavy (non-hydrogen) atoms. The first kappa shape index (κ1) is 18.8. The number of amides is 1. The van der Waals surface area contributed by atoms with Crippen molar-refractivity contribution in [2.75, 3.05) is 20.8 Å². The van der Waals surface area contributed by atoms with E-state index < -0.39 is 12.1 Å². The van der Waals surface area contributed by atoms with Crippen LogP contribution in [-0.4, -0.2) is 43.6 Å². The van der Waals surface area contributed by atoms with E-state index in [1.807, 2.05) is 18.2 Å². The highest BCUT2D eigenvalue weighted by molar-refractivity contribution is 5.95. The van der Waals surface area contributed by atoms with Crippen LogP contribution in [0.5, 0.6) is 11.5 Å². The van der Waals surface area contributed by atoms with Crippen LogP contribution >= 0.6 is 0 Å². The van der Waals surface area contributed by atoms with Gasteiger partial charge in [0.2, 0.25) is 0 Å². The minimum Gasteiger partial charge on any atom is -0.497 e. The second-order valence-electron chi connectivity index (χ2n) is 6.39. The molecule has 0 aliphatic carbocycles. The van der Waals surface area contributed by atoms with Gasteiger partial charge in [0.15, 0.2) is 6.10 Å². The van der Waals surface area contributed by atoms with E-state index in [0.29, 0.717) is 24.6 Å². The summed E-state index contributed by atoms with van der Waals surface area (Å²) >= 11 is 0. The monoisotopic (exact) mass is 369 g/mol. The minimum atomic E-state index is -0.880. The van der Waals surface area contributed by atoms with Crippen molar-refractivity contribution in [3.8, 4) is 11.5 Å². The molecule has 0 aromatic heterocycles. The second kappa shape index (κ2) is 8.12. The Hall–Kier alpha value is -3.02. The number of ether oxygens (including phenoxy) is 3. The molecule has 1 heterocycles. The highest BCUT2D eigenvalue weighted by atomic mass is 16.5. The number of hydrogen-bond acceptors (Lipinski definition) is 5. The van der Waals surface area contributed by atoms with Crippen molar-refractivity contribution < 1.29 is 23.8 Å². The smallest absolute Gasteiger partial charge is 0.342 e. The molecule has 0 fully saturated rings. The molecule has 1 amide bonds. The van der Waals surface area contributed by atoms with Crippen molar-refractivity contribution >= 4 is 11.9 Å². The van der Waals surface area contributed by atoms with E-state index in [9.17, 15) is 9.59 Å². The molecular formula is C21H23NO5. The third-order valence-corrected chi connectivity index (χ3v) is 4.70. The fraction of sp³-hybridized carbons (Fsp3) is 0.333. The van der Waals surface area contributed by atoms with Crippen LogP contribution in [0.3, 0.4) is 0 Å². The average molecular weight is 369 g/mol. The van der Waals surface area contributed by atoms with Crippen molar-refractivity contribution in [3.05, 3.63) is 59.2 Å². The van der Waals surface area contributed by atoms with Gasteiger partial charge in [-0.2, -0.15) is 0 Å². The fourth-order valence-electron chi connectivity index (χ4n) is 3.18. The Balaban J connectivity index is 1.67. The fourth-order valence-corrected chi connectivity index (χ4v) is 3.18. The molecule has 0 saturated heterocycles. The predicted octanol–water partition coefficient (Wildman–Crippen LogP) is 2.83. The topological polar surface area (TPSA) is 65.1 Å². The molecule has 142 valence electrons. The van der Waals surface area contributed by atoms with Gasteiger partial charge in [0, 0.05) is 19.2 Å². The van der Waals surface area contributed by atoms with Crippen LogP contribution in [0.2, 0.25) is 0 Å². The number of carbonyl (C=O) groups excluding carboxylic acids is 2. The van der Waals surface area contributed by atoms with E-state index in [2.05, 4.69) is 6.07 Å². The van der Waals surface area contributed by atoms with Crippen molar-refractivity contribution in [3.63, 3.8) is 0 Å². The van der Waals surface area contributed by atoms with E-state index in [-0.39, 0.29) is 11.5 Å². The summed E-state index contributed by atoms with van der Waals surface area (Å²) in [7, 11) is 3.00. The standard InChI is InChI=1S/C21H23NO5/c1-14(20(23)22-11-10-15-6-4-5-7-16(15)13-22)27-21(24)18-9-8-17(25-2)12-19(18)26-3/h4-9,12,14H,10-11,13H2,1-3H3/t14-/m1/s1. The summed E-state index contributed by atoms with van der Waals surface area (Å²) in [6.45, 7) is 2.74. The molecule has 0 saturated carbocycles. The SMILES string of the molecule is COc1ccc(C(=O)O[C@H](C)C(=O)N2CCc3ccccc3C2)c(OC)c1. The molecule has 0 N–H and O–H groups in total. The Bertz CT molecular complexity index is 848. The highest BCUT2D eigenvalue weighted by Gasteiger charge is 2.28. The van der Waals surface area contributed by atoms with Crippen molar-refractivity contribution in [1.82, 2.24) is 4.90 Å². The average Bonchev–Trinajstić information content (AvgIpc) is 2.72. The maximum absolute atomic E-state index is 12.7. The van der Waals surface area contributed by atoms with Crippen LogP contribution in [-0.2, 0) is 22.5 Å². The number of nitrogens with zero attached hydrogens (tertiary/aromatic N) is 1. The zero-order chi connectivity index (χ0) is 19.4. The summed E-state index contributed by atoms with van der Waals surface area (Å²) in [5, 5.41) is 0. The number of rotatable bonds is 5. The maximum Gasteiger partial charge on any atom is 0.342 e. The van der Waals surface area contributed by atoms with E-state index in [4.69, 9.17) is 14.2 Å². The van der Waals surface area contributed by atoms with Gasteiger partial charge in [0.1, 0.15) is 17.1 Å². The molecule has 3 rings (SSSR count). The van der Waals surface area contributed by atoms with Crippen LogP contribution < -0.4 is 9.47 Å². The van der Waals surface area contributed by atoms with E-state index >= 15 is 0 Å². The summed E-state index contributed by atoms with van der Waals surface area (Å²) in [4.78, 5) is 27.0. The zero-order valence-corrected chi connectivity index (χ0v) is 15.7. The highest BCUT2D eigenvalue weighted by Crippen LogP contribution is 2.26. The third-order valence-electron chi connectivity index (χ3n) is 4.70. The van der Waals surface area contributed by atoms with Gasteiger partial charge in [-0.15, -0.1) is 0 Å². The summed E-state index contributed by atoms with van der Waals surface area (Å²) in [5.41, 5.74) is 2.64. The molecule has 1 aliphatic rings. The molecule has 6 heteroatoms. The Morgan fingerprint density at radius 1 is 1.04 bits per heavy atom. The van der Waals surface area contributed by atoms with Crippen molar-refractivity contribution in [2.24, 2.45) is 0 Å². The third kappa shape index (κ3) is 4.05. The van der Waals surface area contributed by atoms with Gasteiger partial charge < -0.3 is 19.1 Å². The molecule has 0 radical (unpaired) electrons. The summed E-state index contributed by atoms with van der Waals surface area (Å²) < 4.78 is 15.8. The van der Waals surface area contributed by atoms with Crippen LogP contribution in [0.15, 0.2) is 42.5 Å². The summed E-state index contributed by atoms with van der Waals surface area (Å²) in [6.07, 6.45) is -0.0795. The molecule has 1 aliphatic heterocycles.